The number of aromatic nitrogens is 2. The predicted octanol–water partition coefficient (Wildman–Crippen LogP) is 10.7. The highest BCUT2D eigenvalue weighted by molar-refractivity contribution is 6.13. The summed E-state index contributed by atoms with van der Waals surface area (Å²) in [6.07, 6.45) is 0. The van der Waals surface area contributed by atoms with Gasteiger partial charge in [0.2, 0.25) is 0 Å². The van der Waals surface area contributed by atoms with Crippen molar-refractivity contribution in [3.8, 4) is 56.5 Å². The summed E-state index contributed by atoms with van der Waals surface area (Å²) in [5.74, 6) is 2.41. The number of hydrogen-bond acceptors (Lipinski definition) is 3. The molecule has 1 aromatic heterocycles. The van der Waals surface area contributed by atoms with Crippen LogP contribution >= 0.6 is 0 Å². The van der Waals surface area contributed by atoms with Gasteiger partial charge >= 0.3 is 0 Å². The second-order valence-corrected chi connectivity index (χ2v) is 11.0. The molecule has 9 rings (SSSR count). The Balaban J connectivity index is 1.27. The van der Waals surface area contributed by atoms with Crippen molar-refractivity contribution >= 4 is 32.3 Å². The van der Waals surface area contributed by atoms with Crippen molar-refractivity contribution in [3.63, 3.8) is 0 Å². The fourth-order valence-corrected chi connectivity index (χ4v) is 6.44. The monoisotopic (exact) mass is 548 g/mol. The van der Waals surface area contributed by atoms with Gasteiger partial charge in [0, 0.05) is 27.6 Å². The van der Waals surface area contributed by atoms with Gasteiger partial charge in [0.15, 0.2) is 5.82 Å². The van der Waals surface area contributed by atoms with Crippen LogP contribution in [-0.4, -0.2) is 9.97 Å². The summed E-state index contributed by atoms with van der Waals surface area (Å²) in [7, 11) is 0. The van der Waals surface area contributed by atoms with E-state index in [1.54, 1.807) is 0 Å². The minimum Gasteiger partial charge on any atom is -0.456 e. The van der Waals surface area contributed by atoms with Gasteiger partial charge in [0.05, 0.1) is 11.4 Å². The van der Waals surface area contributed by atoms with E-state index in [-0.39, 0.29) is 0 Å². The van der Waals surface area contributed by atoms with E-state index in [2.05, 4.69) is 115 Å². The minimum absolute atomic E-state index is 0.694. The van der Waals surface area contributed by atoms with Gasteiger partial charge in [0.1, 0.15) is 11.5 Å². The summed E-state index contributed by atoms with van der Waals surface area (Å²) in [6.45, 7) is 0. The highest BCUT2D eigenvalue weighted by Gasteiger charge is 2.21. The molecule has 0 aliphatic carbocycles. The third-order valence-corrected chi connectivity index (χ3v) is 8.46. The van der Waals surface area contributed by atoms with Crippen LogP contribution in [0.15, 0.2) is 146 Å². The van der Waals surface area contributed by atoms with Crippen molar-refractivity contribution in [2.75, 3.05) is 0 Å². The highest BCUT2D eigenvalue weighted by atomic mass is 16.5. The zero-order valence-electron chi connectivity index (χ0n) is 23.2. The van der Waals surface area contributed by atoms with E-state index in [0.717, 1.165) is 50.5 Å². The molecule has 2 heterocycles. The molecule has 43 heavy (non-hydrogen) atoms. The van der Waals surface area contributed by atoms with Gasteiger partial charge in [-0.3, -0.25) is 0 Å². The molecule has 0 radical (unpaired) electrons. The first kappa shape index (κ1) is 23.9. The number of benzene rings is 7. The van der Waals surface area contributed by atoms with Crippen LogP contribution in [0.1, 0.15) is 0 Å². The Morgan fingerprint density at radius 3 is 2.00 bits per heavy atom. The van der Waals surface area contributed by atoms with E-state index in [1.807, 2.05) is 30.3 Å². The number of hydrogen-bond donors (Lipinski definition) is 0. The molecule has 3 heteroatoms. The largest absolute Gasteiger partial charge is 0.456 e. The van der Waals surface area contributed by atoms with Crippen LogP contribution in [0.5, 0.6) is 11.5 Å². The van der Waals surface area contributed by atoms with Gasteiger partial charge in [-0.05, 0) is 62.8 Å². The summed E-state index contributed by atoms with van der Waals surface area (Å²) in [4.78, 5) is 10.3. The van der Waals surface area contributed by atoms with E-state index in [4.69, 9.17) is 14.7 Å². The van der Waals surface area contributed by atoms with Gasteiger partial charge < -0.3 is 4.74 Å². The van der Waals surface area contributed by atoms with Gasteiger partial charge in [0.25, 0.3) is 0 Å². The predicted molar refractivity (Wildman–Crippen MR) is 176 cm³/mol. The molecule has 0 bridgehead atoms. The standard InChI is InChI=1S/C40H24N2O/c1-2-10-26(11-3-1)40-41-35(24-36(42-40)34-22-27-12-4-5-15-29(27)30-16-6-7-17-31(30)34)28-20-21-32-33-18-8-13-25-14-9-19-37(39(25)33)43-38(32)23-28/h1-24H. The number of fused-ring (bicyclic) bond motifs is 5. The van der Waals surface area contributed by atoms with Crippen LogP contribution in [0, 0.1) is 0 Å². The Hall–Kier alpha value is -5.80. The number of ether oxygens (including phenoxy) is 1. The van der Waals surface area contributed by atoms with Crippen molar-refractivity contribution < 1.29 is 4.74 Å². The molecule has 7 aromatic carbocycles. The molecule has 1 aliphatic rings. The van der Waals surface area contributed by atoms with Crippen LogP contribution in [0.4, 0.5) is 0 Å². The topological polar surface area (TPSA) is 35.0 Å². The van der Waals surface area contributed by atoms with E-state index >= 15 is 0 Å². The molecule has 3 nitrogen and oxygen atoms in total. The second-order valence-electron chi connectivity index (χ2n) is 11.0. The summed E-state index contributed by atoms with van der Waals surface area (Å²) >= 11 is 0. The summed E-state index contributed by atoms with van der Waals surface area (Å²) < 4.78 is 6.50. The fraction of sp³-hybridized carbons (Fsp3) is 0. The average molecular weight is 549 g/mol. The van der Waals surface area contributed by atoms with Gasteiger partial charge in [-0.2, -0.15) is 0 Å². The lowest BCUT2D eigenvalue weighted by Gasteiger charge is -2.22. The van der Waals surface area contributed by atoms with Crippen LogP contribution in [0.2, 0.25) is 0 Å². The van der Waals surface area contributed by atoms with Crippen LogP contribution in [-0.2, 0) is 0 Å². The average Bonchev–Trinajstić information content (AvgIpc) is 3.08. The lowest BCUT2D eigenvalue weighted by Crippen LogP contribution is -1.99. The smallest absolute Gasteiger partial charge is 0.160 e. The van der Waals surface area contributed by atoms with E-state index in [1.165, 1.54) is 32.5 Å². The second kappa shape index (κ2) is 9.37. The van der Waals surface area contributed by atoms with E-state index in [0.29, 0.717) is 5.82 Å². The Bertz CT molecular complexity index is 2370. The SMILES string of the molecule is c1ccc(-c2nc(-c3ccc4c(c3)Oc3cccc5cccc-4c35)cc(-c3cc4ccccc4c4ccccc34)n2)cc1. The highest BCUT2D eigenvalue weighted by Crippen LogP contribution is 2.47. The summed E-state index contributed by atoms with van der Waals surface area (Å²) in [5, 5.41) is 7.15. The third-order valence-electron chi connectivity index (χ3n) is 8.46. The van der Waals surface area contributed by atoms with Crippen LogP contribution in [0.3, 0.4) is 0 Å². The number of rotatable bonds is 3. The maximum absolute atomic E-state index is 6.50. The molecule has 0 atom stereocenters. The molecule has 0 unspecified atom stereocenters. The molecular weight excluding hydrogens is 524 g/mol. The molecule has 8 aromatic rings. The van der Waals surface area contributed by atoms with E-state index < -0.39 is 0 Å². The lowest BCUT2D eigenvalue weighted by atomic mass is 9.93. The molecule has 0 saturated carbocycles. The zero-order valence-corrected chi connectivity index (χ0v) is 23.2. The van der Waals surface area contributed by atoms with Crippen molar-refractivity contribution in [1.29, 1.82) is 0 Å². The quantitative estimate of drug-likeness (QED) is 0.206. The summed E-state index contributed by atoms with van der Waals surface area (Å²) in [5.41, 5.74) is 7.07. The fourth-order valence-electron chi connectivity index (χ4n) is 6.44. The van der Waals surface area contributed by atoms with Crippen molar-refractivity contribution in [2.45, 2.75) is 0 Å². The zero-order chi connectivity index (χ0) is 28.3. The van der Waals surface area contributed by atoms with Crippen LogP contribution in [0.25, 0.3) is 77.3 Å². The normalized spacial score (nSPS) is 11.9. The maximum Gasteiger partial charge on any atom is 0.160 e. The third kappa shape index (κ3) is 3.83. The molecule has 0 N–H and O–H groups in total. The Morgan fingerprint density at radius 2 is 1.12 bits per heavy atom. The van der Waals surface area contributed by atoms with E-state index in [9.17, 15) is 0 Å². The van der Waals surface area contributed by atoms with Crippen molar-refractivity contribution in [2.24, 2.45) is 0 Å². The molecule has 1 aliphatic heterocycles. The molecule has 200 valence electrons. The minimum atomic E-state index is 0.694. The summed E-state index contributed by atoms with van der Waals surface area (Å²) in [6, 6.07) is 50.8. The molecule has 0 amide bonds. The van der Waals surface area contributed by atoms with Gasteiger partial charge in [-0.1, -0.05) is 115 Å². The first-order valence-corrected chi connectivity index (χ1v) is 14.5. The van der Waals surface area contributed by atoms with Crippen molar-refractivity contribution in [3.05, 3.63) is 146 Å². The lowest BCUT2D eigenvalue weighted by molar-refractivity contribution is 0.487. The van der Waals surface area contributed by atoms with Gasteiger partial charge in [-0.15, -0.1) is 0 Å². The van der Waals surface area contributed by atoms with Gasteiger partial charge in [-0.25, -0.2) is 9.97 Å². The molecule has 0 spiro atoms. The molecule has 0 saturated heterocycles. The molecule has 0 fully saturated rings. The molecular formula is C40H24N2O. The Kier molecular flexibility index (Phi) is 5.20. The number of nitrogens with zero attached hydrogens (tertiary/aromatic N) is 2. The first-order valence-electron chi connectivity index (χ1n) is 14.5. The van der Waals surface area contributed by atoms with Crippen LogP contribution < -0.4 is 4.74 Å². The Labute approximate surface area is 248 Å². The maximum atomic E-state index is 6.50. The Morgan fingerprint density at radius 1 is 0.395 bits per heavy atom. The van der Waals surface area contributed by atoms with Crippen molar-refractivity contribution in [1.82, 2.24) is 9.97 Å². The first-order chi connectivity index (χ1) is 21.3.